The minimum absolute atomic E-state index is 0.116. The molecule has 0 aliphatic heterocycles. The van der Waals surface area contributed by atoms with Crippen molar-refractivity contribution in [1.29, 1.82) is 0 Å². The molecule has 6 aromatic carbocycles. The number of hydrogen-bond acceptors (Lipinski definition) is 1. The van der Waals surface area contributed by atoms with Crippen LogP contribution in [0.25, 0.3) is 0 Å². The highest BCUT2D eigenvalue weighted by Crippen LogP contribution is 2.31. The Balaban J connectivity index is 0.000000216. The Bertz CT molecular complexity index is 1980. The molecule has 0 amide bonds. The van der Waals surface area contributed by atoms with Gasteiger partial charge >= 0.3 is 0 Å². The number of carbonyl (C=O) groups excluding carboxylic acids is 1. The summed E-state index contributed by atoms with van der Waals surface area (Å²) in [6, 6.07) is 46.7. The SMILES string of the molecule is CC(C)(C)c1ccc([S+](CC(=O)c2ccccc2)c2ccc(C(C)(C)C)cc2)cc1.CCC(C)[B-](c1ccc(F)cc1)(c1ccc(F)cc1)c1ccc(F)cc1. The molecule has 0 heterocycles. The van der Waals surface area contributed by atoms with Crippen LogP contribution in [0.4, 0.5) is 13.2 Å². The van der Waals surface area contributed by atoms with E-state index in [2.05, 4.69) is 104 Å². The molecule has 0 radical (unpaired) electrons. The summed E-state index contributed by atoms with van der Waals surface area (Å²) in [5.41, 5.74) is 6.51. The monoisotopic (exact) mass is 770 g/mol. The second-order valence-corrected chi connectivity index (χ2v) is 18.9. The summed E-state index contributed by atoms with van der Waals surface area (Å²) in [5, 5.41) is 0. The number of halogens is 3. The summed E-state index contributed by atoms with van der Waals surface area (Å²) in [6.07, 6.45) is -0.650. The predicted molar refractivity (Wildman–Crippen MR) is 233 cm³/mol. The van der Waals surface area contributed by atoms with E-state index in [-0.39, 0.29) is 50.8 Å². The van der Waals surface area contributed by atoms with E-state index in [0.29, 0.717) is 5.75 Å². The van der Waals surface area contributed by atoms with E-state index in [4.69, 9.17) is 0 Å². The van der Waals surface area contributed by atoms with Crippen LogP contribution >= 0.6 is 0 Å². The van der Waals surface area contributed by atoms with Gasteiger partial charge in [-0.1, -0.05) is 153 Å². The van der Waals surface area contributed by atoms with Crippen molar-refractivity contribution >= 4 is 39.2 Å². The average molecular weight is 771 g/mol. The molecular weight excluding hydrogens is 716 g/mol. The van der Waals surface area contributed by atoms with Gasteiger partial charge < -0.3 is 0 Å². The van der Waals surface area contributed by atoms with E-state index in [1.54, 1.807) is 36.4 Å². The van der Waals surface area contributed by atoms with Gasteiger partial charge in [-0.15, -0.1) is 0 Å². The lowest BCUT2D eigenvalue weighted by molar-refractivity contribution is 0.102. The summed E-state index contributed by atoms with van der Waals surface area (Å²) < 4.78 is 40.7. The molecule has 6 aromatic rings. The van der Waals surface area contributed by atoms with Crippen LogP contribution in [0, 0.1) is 17.5 Å². The largest absolute Gasteiger partial charge is 0.289 e. The van der Waals surface area contributed by atoms with Crippen molar-refractivity contribution < 1.29 is 18.0 Å². The Kier molecular flexibility index (Phi) is 13.6. The molecule has 0 N–H and O–H groups in total. The van der Waals surface area contributed by atoms with Gasteiger partial charge in [-0.05, 0) is 82.6 Å². The maximum atomic E-state index is 13.6. The van der Waals surface area contributed by atoms with Crippen molar-refractivity contribution in [1.82, 2.24) is 0 Å². The summed E-state index contributed by atoms with van der Waals surface area (Å²) in [4.78, 5) is 15.5. The number of carbonyl (C=O) groups is 1. The third kappa shape index (κ3) is 9.94. The lowest BCUT2D eigenvalue weighted by Gasteiger charge is -2.48. The lowest BCUT2D eigenvalue weighted by atomic mass is 9.10. The first kappa shape index (κ1) is 42.3. The summed E-state index contributed by atoms with van der Waals surface area (Å²) in [7, 11) is -0.301. The minimum Gasteiger partial charge on any atom is -0.289 e. The number of Topliss-reactive ketones (excluding diaryl/α,β-unsaturated/α-hetero) is 1. The number of benzene rings is 6. The first-order valence-corrected chi connectivity index (χ1v) is 20.9. The van der Waals surface area contributed by atoms with Gasteiger partial charge in [0.1, 0.15) is 17.5 Å². The van der Waals surface area contributed by atoms with Crippen LogP contribution in [0.5, 0.6) is 0 Å². The molecule has 0 aliphatic carbocycles. The predicted octanol–water partition coefficient (Wildman–Crippen LogP) is 11.6. The van der Waals surface area contributed by atoms with Crippen LogP contribution in [0.1, 0.15) is 83.3 Å². The van der Waals surface area contributed by atoms with Gasteiger partial charge in [-0.2, -0.15) is 22.2 Å². The molecule has 6 rings (SSSR count). The standard InChI is InChI=1S/C28H33OS.C22H21BF3/c1-27(2,3)22-12-16-24(17-13-22)30(20-26(29)21-10-8-7-9-11-21)25-18-14-23(15-19-25)28(4,5)6;1-3-16(2)23(17-4-10-20(24)11-5-17,18-6-12-21(25)13-7-18)19-8-14-22(26)15-9-19/h7-19H,20H2,1-6H3;4-16H,3H2,1-2H3/q+1;-1. The second-order valence-electron chi connectivity index (χ2n) is 16.8. The summed E-state index contributed by atoms with van der Waals surface area (Å²) >= 11 is 0. The van der Waals surface area contributed by atoms with Crippen molar-refractivity contribution in [3.05, 3.63) is 186 Å². The molecule has 1 unspecified atom stereocenters. The van der Waals surface area contributed by atoms with Crippen molar-refractivity contribution in [3.8, 4) is 0 Å². The quantitative estimate of drug-likeness (QED) is 0.0770. The molecule has 56 heavy (non-hydrogen) atoms. The van der Waals surface area contributed by atoms with Crippen LogP contribution in [-0.2, 0) is 21.7 Å². The van der Waals surface area contributed by atoms with E-state index in [1.807, 2.05) is 30.3 Å². The number of hydrogen-bond donors (Lipinski definition) is 0. The third-order valence-corrected chi connectivity index (χ3v) is 13.3. The summed E-state index contributed by atoms with van der Waals surface area (Å²) in [6.45, 7) is 17.6. The zero-order valence-corrected chi connectivity index (χ0v) is 34.8. The fraction of sp³-hybridized carbons (Fsp3) is 0.260. The topological polar surface area (TPSA) is 17.1 Å². The Morgan fingerprint density at radius 2 is 0.875 bits per heavy atom. The van der Waals surface area contributed by atoms with E-state index in [9.17, 15) is 18.0 Å². The van der Waals surface area contributed by atoms with E-state index in [1.165, 1.54) is 57.3 Å². The molecule has 0 saturated carbocycles. The van der Waals surface area contributed by atoms with Gasteiger partial charge in [0.05, 0.1) is 17.0 Å². The molecule has 0 saturated heterocycles. The van der Waals surface area contributed by atoms with E-state index in [0.717, 1.165) is 28.4 Å². The maximum Gasteiger partial charge on any atom is 0.212 e. The molecule has 0 bridgehead atoms. The average Bonchev–Trinajstić information content (AvgIpc) is 3.19. The van der Waals surface area contributed by atoms with Crippen LogP contribution < -0.4 is 16.4 Å². The van der Waals surface area contributed by atoms with Gasteiger partial charge in [-0.25, -0.2) is 13.2 Å². The van der Waals surface area contributed by atoms with Crippen molar-refractivity contribution in [3.63, 3.8) is 0 Å². The molecule has 0 spiro atoms. The third-order valence-electron chi connectivity index (χ3n) is 11.1. The zero-order valence-electron chi connectivity index (χ0n) is 34.0. The first-order chi connectivity index (χ1) is 26.5. The van der Waals surface area contributed by atoms with Gasteiger partial charge in [0.25, 0.3) is 0 Å². The minimum atomic E-state index is -1.52. The fourth-order valence-electron chi connectivity index (χ4n) is 7.60. The summed E-state index contributed by atoms with van der Waals surface area (Å²) in [5.74, 6) is -0.0501. The molecule has 290 valence electrons. The zero-order chi connectivity index (χ0) is 40.7. The molecule has 0 fully saturated rings. The molecule has 0 aromatic heterocycles. The number of rotatable bonds is 10. The van der Waals surface area contributed by atoms with E-state index < -0.39 is 6.15 Å². The molecule has 0 aliphatic rings. The first-order valence-electron chi connectivity index (χ1n) is 19.5. The highest BCUT2D eigenvalue weighted by Gasteiger charge is 2.35. The van der Waals surface area contributed by atoms with Crippen molar-refractivity contribution in [2.24, 2.45) is 0 Å². The van der Waals surface area contributed by atoms with Crippen molar-refractivity contribution in [2.45, 2.75) is 88.2 Å². The molecular formula is C50H54BF3OS. The second kappa shape index (κ2) is 18.0. The highest BCUT2D eigenvalue weighted by molar-refractivity contribution is 7.97. The lowest BCUT2D eigenvalue weighted by Crippen LogP contribution is -2.69. The highest BCUT2D eigenvalue weighted by atomic mass is 32.2. The fourth-order valence-corrected chi connectivity index (χ4v) is 9.56. The van der Waals surface area contributed by atoms with Gasteiger partial charge in [0.2, 0.25) is 5.78 Å². The Morgan fingerprint density at radius 1 is 0.536 bits per heavy atom. The smallest absolute Gasteiger partial charge is 0.212 e. The maximum absolute atomic E-state index is 13.6. The van der Waals surface area contributed by atoms with Gasteiger partial charge in [0, 0.05) is 5.56 Å². The Morgan fingerprint density at radius 3 is 1.18 bits per heavy atom. The van der Waals surface area contributed by atoms with Gasteiger partial charge in [0.15, 0.2) is 15.5 Å². The molecule has 6 heteroatoms. The normalized spacial score (nSPS) is 12.5. The van der Waals surface area contributed by atoms with Crippen LogP contribution in [0.3, 0.4) is 0 Å². The van der Waals surface area contributed by atoms with Crippen LogP contribution in [0.15, 0.2) is 161 Å². The Hall–Kier alpha value is -4.81. The van der Waals surface area contributed by atoms with Crippen LogP contribution in [0.2, 0.25) is 5.82 Å². The van der Waals surface area contributed by atoms with Gasteiger partial charge in [-0.3, -0.25) is 4.79 Å². The molecule has 1 atom stereocenters. The van der Waals surface area contributed by atoms with E-state index >= 15 is 0 Å². The molecule has 1 nitrogen and oxygen atoms in total. The number of ketones is 1. The van der Waals surface area contributed by atoms with Crippen LogP contribution in [-0.4, -0.2) is 17.7 Å². The van der Waals surface area contributed by atoms with Crippen molar-refractivity contribution in [2.75, 3.05) is 5.75 Å². The Labute approximate surface area is 335 Å².